The van der Waals surface area contributed by atoms with Gasteiger partial charge in [0.25, 0.3) is 0 Å². The van der Waals surface area contributed by atoms with Crippen molar-refractivity contribution in [3.8, 4) is 0 Å². The SMILES string of the molecule is O=C1CCCCN1c1cccc(CNC(=O)C2(c3ccc(Br)cc3)CCOCC2)c1. The number of amides is 2. The van der Waals surface area contributed by atoms with Crippen LogP contribution in [0.25, 0.3) is 0 Å². The molecule has 1 N–H and O–H groups in total. The summed E-state index contributed by atoms with van der Waals surface area (Å²) in [5.41, 5.74) is 2.37. The molecule has 0 bridgehead atoms. The predicted octanol–water partition coefficient (Wildman–Crippen LogP) is 4.33. The number of carbonyl (C=O) groups excluding carboxylic acids is 2. The average Bonchev–Trinajstić information content (AvgIpc) is 2.79. The lowest BCUT2D eigenvalue weighted by Gasteiger charge is -2.36. The maximum Gasteiger partial charge on any atom is 0.231 e. The molecule has 2 amide bonds. The number of nitrogens with zero attached hydrogens (tertiary/aromatic N) is 1. The zero-order valence-electron chi connectivity index (χ0n) is 17.0. The molecule has 2 aromatic carbocycles. The van der Waals surface area contributed by atoms with Gasteiger partial charge in [-0.25, -0.2) is 0 Å². The Labute approximate surface area is 185 Å². The fourth-order valence-corrected chi connectivity index (χ4v) is 4.66. The molecule has 0 radical (unpaired) electrons. The molecule has 2 heterocycles. The van der Waals surface area contributed by atoms with Gasteiger partial charge in [0.15, 0.2) is 0 Å². The van der Waals surface area contributed by atoms with Gasteiger partial charge in [-0.2, -0.15) is 0 Å². The maximum absolute atomic E-state index is 13.4. The summed E-state index contributed by atoms with van der Waals surface area (Å²) < 4.78 is 6.55. The Morgan fingerprint density at radius 2 is 1.87 bits per heavy atom. The lowest BCUT2D eigenvalue weighted by Crippen LogP contribution is -2.47. The molecule has 2 aromatic rings. The third-order valence-electron chi connectivity index (χ3n) is 6.18. The first kappa shape index (κ1) is 21.1. The summed E-state index contributed by atoms with van der Waals surface area (Å²) in [5, 5.41) is 3.15. The van der Waals surface area contributed by atoms with E-state index in [4.69, 9.17) is 4.74 Å². The highest BCUT2D eigenvalue weighted by Gasteiger charge is 2.41. The van der Waals surface area contributed by atoms with E-state index in [0.717, 1.165) is 40.7 Å². The monoisotopic (exact) mass is 470 g/mol. The molecule has 0 spiro atoms. The molecular weight excluding hydrogens is 444 g/mol. The number of hydrogen-bond acceptors (Lipinski definition) is 3. The third kappa shape index (κ3) is 4.44. The van der Waals surface area contributed by atoms with Crippen molar-refractivity contribution in [2.24, 2.45) is 0 Å². The zero-order valence-corrected chi connectivity index (χ0v) is 18.6. The van der Waals surface area contributed by atoms with Crippen LogP contribution in [0.15, 0.2) is 53.0 Å². The van der Waals surface area contributed by atoms with Crippen molar-refractivity contribution < 1.29 is 14.3 Å². The summed E-state index contributed by atoms with van der Waals surface area (Å²) in [6.45, 7) is 2.36. The van der Waals surface area contributed by atoms with Crippen molar-refractivity contribution in [3.05, 3.63) is 64.1 Å². The molecule has 0 unspecified atom stereocenters. The number of anilines is 1. The fourth-order valence-electron chi connectivity index (χ4n) is 4.40. The number of piperidine rings is 1. The number of rotatable bonds is 5. The minimum absolute atomic E-state index is 0.0348. The number of nitrogens with one attached hydrogen (secondary N) is 1. The molecule has 2 aliphatic heterocycles. The number of carbonyl (C=O) groups is 2. The van der Waals surface area contributed by atoms with E-state index in [9.17, 15) is 9.59 Å². The Morgan fingerprint density at radius 1 is 1.10 bits per heavy atom. The topological polar surface area (TPSA) is 58.6 Å². The summed E-state index contributed by atoms with van der Waals surface area (Å²) in [7, 11) is 0. The van der Waals surface area contributed by atoms with E-state index in [1.54, 1.807) is 0 Å². The molecule has 0 aliphatic carbocycles. The van der Waals surface area contributed by atoms with Crippen molar-refractivity contribution in [2.75, 3.05) is 24.7 Å². The molecular formula is C24H27BrN2O3. The van der Waals surface area contributed by atoms with Crippen LogP contribution in [0, 0.1) is 0 Å². The predicted molar refractivity (Wildman–Crippen MR) is 120 cm³/mol. The standard InChI is InChI=1S/C24H27BrN2O3/c25-20-9-7-19(8-10-20)24(11-14-30-15-12-24)23(29)26-17-18-4-3-5-21(16-18)27-13-2-1-6-22(27)28/h3-5,7-10,16H,1-2,6,11-15,17H2,(H,26,29). The van der Waals surface area contributed by atoms with Crippen LogP contribution in [0.4, 0.5) is 5.69 Å². The average molecular weight is 471 g/mol. The van der Waals surface area contributed by atoms with Crippen LogP contribution in [0.3, 0.4) is 0 Å². The Morgan fingerprint density at radius 3 is 2.60 bits per heavy atom. The van der Waals surface area contributed by atoms with Gasteiger partial charge in [-0.15, -0.1) is 0 Å². The largest absolute Gasteiger partial charge is 0.381 e. The highest BCUT2D eigenvalue weighted by Crippen LogP contribution is 2.36. The van der Waals surface area contributed by atoms with Crippen LogP contribution in [0.1, 0.15) is 43.2 Å². The van der Waals surface area contributed by atoms with E-state index in [1.807, 2.05) is 53.4 Å². The third-order valence-corrected chi connectivity index (χ3v) is 6.71. The molecule has 5 nitrogen and oxygen atoms in total. The van der Waals surface area contributed by atoms with Gasteiger partial charge in [-0.05, 0) is 61.1 Å². The van der Waals surface area contributed by atoms with Crippen molar-refractivity contribution in [2.45, 2.75) is 44.1 Å². The molecule has 0 aromatic heterocycles. The summed E-state index contributed by atoms with van der Waals surface area (Å²) in [6.07, 6.45) is 3.95. The Balaban J connectivity index is 1.49. The van der Waals surface area contributed by atoms with Gasteiger partial charge in [0.1, 0.15) is 0 Å². The van der Waals surface area contributed by atoms with Gasteiger partial charge < -0.3 is 15.0 Å². The minimum Gasteiger partial charge on any atom is -0.381 e. The van der Waals surface area contributed by atoms with Crippen LogP contribution >= 0.6 is 15.9 Å². The van der Waals surface area contributed by atoms with E-state index in [-0.39, 0.29) is 11.8 Å². The second-order valence-corrected chi connectivity index (χ2v) is 8.97. The Kier molecular flexibility index (Phi) is 6.54. The molecule has 0 atom stereocenters. The van der Waals surface area contributed by atoms with Crippen molar-refractivity contribution in [3.63, 3.8) is 0 Å². The maximum atomic E-state index is 13.4. The molecule has 4 rings (SSSR count). The second-order valence-electron chi connectivity index (χ2n) is 8.06. The first-order chi connectivity index (χ1) is 14.6. The molecule has 30 heavy (non-hydrogen) atoms. The van der Waals surface area contributed by atoms with Gasteiger partial charge in [0.2, 0.25) is 11.8 Å². The summed E-state index contributed by atoms with van der Waals surface area (Å²) in [6, 6.07) is 16.0. The molecule has 158 valence electrons. The number of hydrogen-bond donors (Lipinski definition) is 1. The first-order valence-corrected chi connectivity index (χ1v) is 11.4. The quantitative estimate of drug-likeness (QED) is 0.707. The van der Waals surface area contributed by atoms with Crippen molar-refractivity contribution in [1.82, 2.24) is 5.32 Å². The van der Waals surface area contributed by atoms with Gasteiger partial charge in [-0.1, -0.05) is 40.2 Å². The first-order valence-electron chi connectivity index (χ1n) is 10.6. The normalized spacial score (nSPS) is 18.8. The van der Waals surface area contributed by atoms with E-state index in [1.165, 1.54) is 0 Å². The molecule has 2 saturated heterocycles. The van der Waals surface area contributed by atoms with Gasteiger partial charge in [0.05, 0.1) is 5.41 Å². The van der Waals surface area contributed by atoms with E-state index >= 15 is 0 Å². The van der Waals surface area contributed by atoms with Crippen LogP contribution in [-0.4, -0.2) is 31.6 Å². The van der Waals surface area contributed by atoms with Crippen LogP contribution in [-0.2, 0) is 26.3 Å². The van der Waals surface area contributed by atoms with E-state index in [2.05, 4.69) is 21.2 Å². The summed E-state index contributed by atoms with van der Waals surface area (Å²) >= 11 is 3.48. The summed E-state index contributed by atoms with van der Waals surface area (Å²) in [4.78, 5) is 27.5. The fraction of sp³-hybridized carbons (Fsp3) is 0.417. The van der Waals surface area contributed by atoms with Crippen LogP contribution in [0.5, 0.6) is 0 Å². The highest BCUT2D eigenvalue weighted by molar-refractivity contribution is 9.10. The Bertz CT molecular complexity index is 907. The highest BCUT2D eigenvalue weighted by atomic mass is 79.9. The van der Waals surface area contributed by atoms with E-state index in [0.29, 0.717) is 39.0 Å². The molecule has 2 aliphatic rings. The second kappa shape index (κ2) is 9.31. The number of ether oxygens (including phenoxy) is 1. The van der Waals surface area contributed by atoms with Gasteiger partial charge in [-0.3, -0.25) is 9.59 Å². The van der Waals surface area contributed by atoms with Crippen LogP contribution in [0.2, 0.25) is 0 Å². The van der Waals surface area contributed by atoms with E-state index < -0.39 is 5.41 Å². The number of halogens is 1. The number of benzene rings is 2. The molecule has 6 heteroatoms. The minimum atomic E-state index is -0.570. The lowest BCUT2D eigenvalue weighted by molar-refractivity contribution is -0.130. The zero-order chi connectivity index (χ0) is 21.0. The van der Waals surface area contributed by atoms with Gasteiger partial charge >= 0.3 is 0 Å². The van der Waals surface area contributed by atoms with Gasteiger partial charge in [0, 0.05) is 42.9 Å². The smallest absolute Gasteiger partial charge is 0.231 e. The molecule has 2 fully saturated rings. The Hall–Kier alpha value is -2.18. The van der Waals surface area contributed by atoms with Crippen molar-refractivity contribution >= 4 is 33.4 Å². The van der Waals surface area contributed by atoms with Crippen LogP contribution < -0.4 is 10.2 Å². The molecule has 0 saturated carbocycles. The summed E-state index contributed by atoms with van der Waals surface area (Å²) in [5.74, 6) is 0.214. The lowest BCUT2D eigenvalue weighted by atomic mass is 9.73. The van der Waals surface area contributed by atoms with Crippen molar-refractivity contribution in [1.29, 1.82) is 0 Å².